The van der Waals surface area contributed by atoms with E-state index >= 15 is 0 Å². The van der Waals surface area contributed by atoms with Crippen molar-refractivity contribution in [2.75, 3.05) is 79.2 Å². The van der Waals surface area contributed by atoms with Gasteiger partial charge in [0.25, 0.3) is 0 Å². The number of hydrogen-bond donors (Lipinski definition) is 16. The molecule has 756 valence electrons. The van der Waals surface area contributed by atoms with Gasteiger partial charge in [0.05, 0.1) is 128 Å². The van der Waals surface area contributed by atoms with Crippen molar-refractivity contribution in [1.82, 2.24) is 51.3 Å². The van der Waals surface area contributed by atoms with Crippen LogP contribution in [0.1, 0.15) is 194 Å². The molecule has 45 nitrogen and oxygen atoms in total. The Balaban J connectivity index is 0.684. The molecule has 2 aromatic heterocycles. The Bertz CT molecular complexity index is 3630. The molecule has 4 saturated carbocycles. The number of Topliss-reactive ketones (excluding diaryl/α,β-unsaturated/α-hetero) is 2. The summed E-state index contributed by atoms with van der Waals surface area (Å²) in [6.45, 7) is 8.70. The van der Waals surface area contributed by atoms with E-state index in [2.05, 4.69) is 41.9 Å². The lowest BCUT2D eigenvalue weighted by Gasteiger charge is -2.49. The third-order valence-corrected chi connectivity index (χ3v) is 26.5. The van der Waals surface area contributed by atoms with Crippen LogP contribution in [-0.2, 0) is 136 Å². The van der Waals surface area contributed by atoms with Gasteiger partial charge >= 0.3 is 11.9 Å². The number of carboxylic acid groups (broad SMARTS) is 2. The molecule has 16 N–H and O–H groups in total. The van der Waals surface area contributed by atoms with Crippen molar-refractivity contribution in [2.24, 2.45) is 35.5 Å². The van der Waals surface area contributed by atoms with E-state index < -0.39 is 233 Å². The normalized spacial score (nSPS) is 33.5. The minimum Gasteiger partial charge on any atom is -0.479 e. The number of ketones is 2. The predicted molar refractivity (Wildman–Crippen MR) is 457 cm³/mol. The topological polar surface area (TPSA) is 627 Å². The zero-order valence-electron chi connectivity index (χ0n) is 76.9. The minimum atomic E-state index is -1.74. The van der Waals surface area contributed by atoms with E-state index in [1.807, 2.05) is 13.8 Å². The van der Waals surface area contributed by atoms with Crippen LogP contribution in [0.2, 0.25) is 0 Å². The van der Waals surface area contributed by atoms with E-state index in [1.54, 1.807) is 0 Å². The van der Waals surface area contributed by atoms with Gasteiger partial charge in [-0.1, -0.05) is 101 Å². The first-order valence-corrected chi connectivity index (χ1v) is 47.3. The average Bonchev–Trinajstić information content (AvgIpc) is 1.21. The van der Waals surface area contributed by atoms with Crippen LogP contribution in [0.3, 0.4) is 0 Å². The van der Waals surface area contributed by atoms with E-state index in [9.17, 15) is 99.6 Å². The lowest BCUT2D eigenvalue weighted by molar-refractivity contribution is -0.338. The second-order valence-electron chi connectivity index (χ2n) is 36.4. The van der Waals surface area contributed by atoms with Gasteiger partial charge in [-0.2, -0.15) is 0 Å². The summed E-state index contributed by atoms with van der Waals surface area (Å²) in [5.41, 5.74) is 0.666. The van der Waals surface area contributed by atoms with Crippen LogP contribution in [0.5, 0.6) is 0 Å². The molecule has 0 aromatic carbocycles. The van der Waals surface area contributed by atoms with Crippen molar-refractivity contribution in [3.05, 3.63) is 23.8 Å². The van der Waals surface area contributed by atoms with Crippen LogP contribution in [0.15, 0.2) is 12.4 Å². The fraction of sp³-hybridized carbons (Fsp3) is 0.864. The molecule has 6 heterocycles. The van der Waals surface area contributed by atoms with Gasteiger partial charge in [-0.05, 0) is 88.9 Å². The summed E-state index contributed by atoms with van der Waals surface area (Å²) in [6, 6.07) is -3.05. The van der Waals surface area contributed by atoms with Crippen molar-refractivity contribution in [1.29, 1.82) is 0 Å². The highest BCUT2D eigenvalue weighted by Gasteiger charge is 2.57. The molecule has 8 fully saturated rings. The Labute approximate surface area is 772 Å². The number of nitrogens with one attached hydrogen (secondary N) is 4. The van der Waals surface area contributed by atoms with Gasteiger partial charge in [-0.25, -0.2) is 19.0 Å². The first-order valence-electron chi connectivity index (χ1n) is 47.3. The lowest BCUT2D eigenvalue weighted by Crippen LogP contribution is -2.67. The van der Waals surface area contributed by atoms with Gasteiger partial charge < -0.3 is 154 Å². The fourth-order valence-corrected chi connectivity index (χ4v) is 19.1. The van der Waals surface area contributed by atoms with Crippen molar-refractivity contribution in [3.63, 3.8) is 0 Å². The first kappa shape index (κ1) is 108. The number of amides is 4. The highest BCUT2D eigenvalue weighted by atomic mass is 16.8. The minimum absolute atomic E-state index is 0.0278. The highest BCUT2D eigenvalue weighted by Crippen LogP contribution is 2.44. The number of carbonyl (C=O) groups is 8. The monoisotopic (exact) mass is 1900 g/mol. The highest BCUT2D eigenvalue weighted by molar-refractivity contribution is 5.82. The maximum Gasteiger partial charge on any atom is 0.332 e. The van der Waals surface area contributed by atoms with Crippen LogP contribution < -0.4 is 21.3 Å². The molecule has 10 rings (SSSR count). The van der Waals surface area contributed by atoms with Crippen molar-refractivity contribution >= 4 is 47.1 Å². The molecule has 4 aliphatic carbocycles. The first-order chi connectivity index (χ1) is 63.8. The SMILES string of the molecule is CCC1CC(C(=O)CCCNC(C)=O)C[C@@H](O[C@@H]2O[C@@H](CO)[C@H](O)C(O[C@@H](CC3CCCCC3)C(=O)O)C2NC(=O)Cn2cc(COCCOCCOCCOCCOCc3cn(CC(=O)NC4C(O[C@@H](CC5CCCCC5)C(=O)O)[C@@H](O)[C@H](CO)O[C@H]4O[C@@H]4CC(C(=O)CCCNC(C)=O)CC(CC)[C@H]4O[C@@H]4OC(C)[C@@H](O)[C@H](O)C4O)nn3)nn2)[C@@H]1O[C@@H]1OC(C)[C@@H](O)[C@H](O)C1O. The number of hydrogen-bond acceptors (Lipinski definition) is 37. The average molecular weight is 1900 g/mol. The Morgan fingerprint density at radius 1 is 0.451 bits per heavy atom. The summed E-state index contributed by atoms with van der Waals surface area (Å²) in [6.07, 6.45) is -21.3. The van der Waals surface area contributed by atoms with Gasteiger partial charge in [-0.3, -0.25) is 28.8 Å². The van der Waals surface area contributed by atoms with E-state index in [1.165, 1.54) is 49.5 Å². The standard InChI is InChI=1S/C88H144N10O35/c1-7-53-35-55(59(103)21-15-23-89-49(5)101)37-61(79(53)132-87-77(113)75(111)71(107)47(3)124-87)128-85-69(81(73(109)65(43-99)130-85)126-63(83(115)116)33-51-17-11-9-12-18-51)91-67(105)41-97-39-57(93-95-97)45-122-31-29-120-27-25-119-26-28-121-30-32-123-46-58-40-98(96-94-58)42-68(106)92-70-82(127-64(84(117)118)34-52-19-13-10-14-20-52)74(110)66(44-100)131-86(70)129-62-38-56(60(104)22-16-24-90-50(6)102)36-54(8-2)80(62)133-88-78(114)76(112)72(108)48(4)125-88/h39-40,47-48,51-56,61-66,69-82,85-88,99-100,107-114H,7-38,41-46H2,1-6H3,(H,89,101)(H,90,102)(H,91,105)(H,92,106)(H,115,116)(H,117,118)/t47?,48?,53?,54?,55?,56?,61-,62-,63+,64+,65+,66+,69?,70?,71-,72-,73+,74+,75+,76+,77?,78?,79-,80-,81?,82?,85-,86-,87+,88+/m1/s1. The second-order valence-corrected chi connectivity index (χ2v) is 36.4. The van der Waals surface area contributed by atoms with Gasteiger partial charge in [0.2, 0.25) is 23.6 Å². The molecule has 30 atom stereocenters. The summed E-state index contributed by atoms with van der Waals surface area (Å²) in [7, 11) is 0. The van der Waals surface area contributed by atoms with Crippen LogP contribution in [0.25, 0.3) is 0 Å². The summed E-state index contributed by atoms with van der Waals surface area (Å²) in [4.78, 5) is 107. The molecule has 4 saturated heterocycles. The summed E-state index contributed by atoms with van der Waals surface area (Å²) in [5.74, 6) is -7.33. The number of nitrogens with zero attached hydrogens (tertiary/aromatic N) is 6. The van der Waals surface area contributed by atoms with Crippen LogP contribution >= 0.6 is 0 Å². The second kappa shape index (κ2) is 54.7. The van der Waals surface area contributed by atoms with E-state index in [0.717, 1.165) is 64.2 Å². The Kier molecular flexibility index (Phi) is 44.6. The molecule has 0 radical (unpaired) electrons. The summed E-state index contributed by atoms with van der Waals surface area (Å²) >= 11 is 0. The van der Waals surface area contributed by atoms with Crippen LogP contribution in [0, 0.1) is 35.5 Å². The van der Waals surface area contributed by atoms with E-state index in [-0.39, 0.29) is 166 Å². The molecule has 8 aliphatic rings. The number of aromatic nitrogens is 6. The molecule has 4 aliphatic heterocycles. The maximum absolute atomic E-state index is 14.4. The van der Waals surface area contributed by atoms with Crippen LogP contribution in [-0.4, -0.2) is 377 Å². The number of aliphatic hydroxyl groups is 10. The zero-order valence-corrected chi connectivity index (χ0v) is 76.9. The number of carbonyl (C=O) groups excluding carboxylic acids is 6. The van der Waals surface area contributed by atoms with E-state index in [4.69, 9.17) is 71.1 Å². The van der Waals surface area contributed by atoms with Crippen LogP contribution in [0.4, 0.5) is 0 Å². The molecular formula is C88H144N10O35. The number of ether oxygens (including phenoxy) is 15. The molecule has 12 unspecified atom stereocenters. The molecule has 2 aromatic rings. The fourth-order valence-electron chi connectivity index (χ4n) is 19.1. The Morgan fingerprint density at radius 2 is 0.812 bits per heavy atom. The van der Waals surface area contributed by atoms with Gasteiger partial charge in [0.15, 0.2) is 37.4 Å². The number of aliphatic carboxylic acids is 2. The van der Waals surface area contributed by atoms with Crippen molar-refractivity contribution in [2.45, 2.75) is 368 Å². The summed E-state index contributed by atoms with van der Waals surface area (Å²) in [5, 5.41) is 160. The Morgan fingerprint density at radius 3 is 1.15 bits per heavy atom. The third-order valence-electron chi connectivity index (χ3n) is 26.5. The predicted octanol–water partition coefficient (Wildman–Crippen LogP) is -1.56. The van der Waals surface area contributed by atoms with E-state index in [0.29, 0.717) is 37.1 Å². The molecule has 0 spiro atoms. The largest absolute Gasteiger partial charge is 0.479 e. The zero-order chi connectivity index (χ0) is 96.0. The number of aliphatic hydroxyl groups excluding tert-OH is 10. The lowest BCUT2D eigenvalue weighted by atomic mass is 9.74. The third kappa shape index (κ3) is 32.3. The van der Waals surface area contributed by atoms with Crippen molar-refractivity contribution < 1.29 is 171 Å². The van der Waals surface area contributed by atoms with Crippen molar-refractivity contribution in [3.8, 4) is 0 Å². The molecule has 133 heavy (non-hydrogen) atoms. The number of carboxylic acids is 2. The quantitative estimate of drug-likeness (QED) is 0.0333. The molecular weight excluding hydrogens is 1760 g/mol. The Hall–Kier alpha value is -6.56. The molecule has 45 heteroatoms. The van der Waals surface area contributed by atoms with Gasteiger partial charge in [0.1, 0.15) is 121 Å². The van der Waals surface area contributed by atoms with Gasteiger partial charge in [-0.15, -0.1) is 10.2 Å². The smallest absolute Gasteiger partial charge is 0.332 e. The molecule has 4 amide bonds. The van der Waals surface area contributed by atoms with Gasteiger partial charge in [0, 0.05) is 51.6 Å². The summed E-state index contributed by atoms with van der Waals surface area (Å²) < 4.78 is 94.9. The number of rotatable bonds is 54. The maximum atomic E-state index is 14.4. The molecule has 0 bridgehead atoms.